The average Bonchev–Trinajstić information content (AvgIpc) is 2.46. The van der Waals surface area contributed by atoms with E-state index in [0.29, 0.717) is 16.8 Å². The Morgan fingerprint density at radius 2 is 1.95 bits per heavy atom. The van der Waals surface area contributed by atoms with E-state index in [9.17, 15) is 4.79 Å². The van der Waals surface area contributed by atoms with Gasteiger partial charge in [-0.2, -0.15) is 5.26 Å². The summed E-state index contributed by atoms with van der Waals surface area (Å²) in [4.78, 5) is 18.8. The third-order valence-corrected chi connectivity index (χ3v) is 3.63. The maximum atomic E-state index is 11.9. The monoisotopic (exact) mass is 285 g/mol. The lowest BCUT2D eigenvalue weighted by Crippen LogP contribution is -2.14. The van der Waals surface area contributed by atoms with Crippen molar-refractivity contribution in [3.8, 4) is 17.3 Å². The first-order valence-corrected chi connectivity index (χ1v) is 7.48. The minimum Gasteiger partial charge on any atom is -0.300 e. The second-order valence-corrected chi connectivity index (χ2v) is 5.48. The lowest BCUT2D eigenvalue weighted by Gasteiger charge is -2.08. The van der Waals surface area contributed by atoms with Gasteiger partial charge in [-0.15, -0.1) is 0 Å². The molecule has 1 aromatic heterocycles. The van der Waals surface area contributed by atoms with Crippen molar-refractivity contribution in [3.05, 3.63) is 45.7 Å². The molecule has 0 aliphatic carbocycles. The zero-order valence-corrected chi connectivity index (χ0v) is 12.4. The number of H-pyrrole nitrogens is 1. The van der Waals surface area contributed by atoms with Crippen LogP contribution in [-0.4, -0.2) is 16.2 Å². The van der Waals surface area contributed by atoms with Gasteiger partial charge in [-0.25, -0.2) is 4.98 Å². The van der Waals surface area contributed by atoms with Gasteiger partial charge >= 0.3 is 0 Å². The van der Waals surface area contributed by atoms with Gasteiger partial charge in [0.1, 0.15) is 11.6 Å². The molecule has 0 atom stereocenters. The quantitative estimate of drug-likeness (QED) is 0.694. The standard InChI is InChI=1S/C15H15N3OS/c1-9(2)10-4-6-11(7-5-10)13-12(8-16)14(19)18-15(17-13)20-3/h4-7,9H,1-3H3,(H,17,18,19). The highest BCUT2D eigenvalue weighted by Gasteiger charge is 2.13. The van der Waals surface area contributed by atoms with E-state index in [0.717, 1.165) is 5.56 Å². The number of nitriles is 1. The lowest BCUT2D eigenvalue weighted by molar-refractivity contribution is 0.866. The maximum absolute atomic E-state index is 11.9. The Bertz CT molecular complexity index is 711. The Kier molecular flexibility index (Phi) is 4.26. The molecule has 0 spiro atoms. The third kappa shape index (κ3) is 2.75. The molecule has 0 aliphatic heterocycles. The van der Waals surface area contributed by atoms with Crippen molar-refractivity contribution in [2.75, 3.05) is 6.26 Å². The van der Waals surface area contributed by atoms with Gasteiger partial charge in [0.25, 0.3) is 5.56 Å². The Morgan fingerprint density at radius 3 is 2.45 bits per heavy atom. The molecule has 2 aromatic rings. The average molecular weight is 285 g/mol. The summed E-state index contributed by atoms with van der Waals surface area (Å²) in [5.41, 5.74) is 2.10. The second kappa shape index (κ2) is 5.93. The van der Waals surface area contributed by atoms with Crippen LogP contribution in [0.5, 0.6) is 0 Å². The summed E-state index contributed by atoms with van der Waals surface area (Å²) in [5.74, 6) is 0.438. The minimum atomic E-state index is -0.394. The summed E-state index contributed by atoms with van der Waals surface area (Å²) >= 11 is 1.34. The van der Waals surface area contributed by atoms with Crippen LogP contribution in [0.4, 0.5) is 0 Å². The molecule has 0 bridgehead atoms. The highest BCUT2D eigenvalue weighted by molar-refractivity contribution is 7.98. The molecule has 0 fully saturated rings. The first-order chi connectivity index (χ1) is 9.56. The van der Waals surface area contributed by atoms with E-state index in [1.54, 1.807) is 0 Å². The van der Waals surface area contributed by atoms with E-state index in [1.165, 1.54) is 17.3 Å². The van der Waals surface area contributed by atoms with Crippen molar-refractivity contribution in [1.82, 2.24) is 9.97 Å². The van der Waals surface area contributed by atoms with Gasteiger partial charge in [-0.05, 0) is 17.7 Å². The molecule has 4 nitrogen and oxygen atoms in total. The predicted octanol–water partition coefficient (Wildman–Crippen LogP) is 3.15. The molecule has 0 radical (unpaired) electrons. The number of nitrogens with one attached hydrogen (secondary N) is 1. The number of hydrogen-bond donors (Lipinski definition) is 1. The number of hydrogen-bond acceptors (Lipinski definition) is 4. The minimum absolute atomic E-state index is 0.0556. The van der Waals surface area contributed by atoms with Gasteiger partial charge < -0.3 is 4.98 Å². The fraction of sp³-hybridized carbons (Fsp3) is 0.267. The first-order valence-electron chi connectivity index (χ1n) is 6.25. The molecule has 102 valence electrons. The number of rotatable bonds is 3. The van der Waals surface area contributed by atoms with Crippen LogP contribution in [-0.2, 0) is 0 Å². The Labute approximate surface area is 121 Å². The summed E-state index contributed by atoms with van der Waals surface area (Å²) in [6.45, 7) is 4.24. The van der Waals surface area contributed by atoms with Gasteiger partial charge in [0.2, 0.25) is 0 Å². The molecule has 0 amide bonds. The van der Waals surface area contributed by atoms with Crippen LogP contribution in [0.3, 0.4) is 0 Å². The third-order valence-electron chi connectivity index (χ3n) is 3.05. The SMILES string of the molecule is CSc1nc(-c2ccc(C(C)C)cc2)c(C#N)c(=O)[nH]1. The molecule has 1 aromatic carbocycles. The number of aromatic nitrogens is 2. The lowest BCUT2D eigenvalue weighted by atomic mass is 10.00. The summed E-state index contributed by atoms with van der Waals surface area (Å²) in [5, 5.41) is 9.66. The fourth-order valence-electron chi connectivity index (χ4n) is 1.89. The van der Waals surface area contributed by atoms with Crippen LogP contribution in [0.15, 0.2) is 34.2 Å². The Hall–Kier alpha value is -2.06. The molecule has 1 N–H and O–H groups in total. The molecule has 5 heteroatoms. The number of aromatic amines is 1. The van der Waals surface area contributed by atoms with Crippen molar-refractivity contribution in [3.63, 3.8) is 0 Å². The van der Waals surface area contributed by atoms with E-state index in [-0.39, 0.29) is 5.56 Å². The van der Waals surface area contributed by atoms with Crippen LogP contribution in [0.2, 0.25) is 0 Å². The van der Waals surface area contributed by atoms with Crippen LogP contribution in [0, 0.1) is 11.3 Å². The molecule has 0 saturated carbocycles. The molecular formula is C15H15N3OS. The van der Waals surface area contributed by atoms with Crippen molar-refractivity contribution >= 4 is 11.8 Å². The Balaban J connectivity index is 2.59. The number of nitrogens with zero attached hydrogens (tertiary/aromatic N) is 2. The smallest absolute Gasteiger partial charge is 0.270 e. The zero-order valence-electron chi connectivity index (χ0n) is 11.6. The molecule has 1 heterocycles. The second-order valence-electron chi connectivity index (χ2n) is 4.69. The van der Waals surface area contributed by atoms with Gasteiger partial charge in [0.05, 0.1) is 5.69 Å². The van der Waals surface area contributed by atoms with Gasteiger partial charge in [-0.3, -0.25) is 4.79 Å². The molecule has 2 rings (SSSR count). The first kappa shape index (κ1) is 14.4. The molecule has 0 aliphatic rings. The summed E-state index contributed by atoms with van der Waals surface area (Å²) in [6.07, 6.45) is 1.83. The normalized spacial score (nSPS) is 10.6. The summed E-state index contributed by atoms with van der Waals surface area (Å²) in [7, 11) is 0. The van der Waals surface area contributed by atoms with Crippen molar-refractivity contribution < 1.29 is 0 Å². The topological polar surface area (TPSA) is 69.5 Å². The summed E-state index contributed by atoms with van der Waals surface area (Å²) in [6, 6.07) is 9.75. The zero-order chi connectivity index (χ0) is 14.7. The number of benzene rings is 1. The highest BCUT2D eigenvalue weighted by atomic mass is 32.2. The maximum Gasteiger partial charge on any atom is 0.270 e. The largest absolute Gasteiger partial charge is 0.300 e. The predicted molar refractivity (Wildman–Crippen MR) is 80.9 cm³/mol. The van der Waals surface area contributed by atoms with E-state index in [2.05, 4.69) is 23.8 Å². The Morgan fingerprint density at radius 1 is 1.30 bits per heavy atom. The summed E-state index contributed by atoms with van der Waals surface area (Å²) < 4.78 is 0. The van der Waals surface area contributed by atoms with Crippen molar-refractivity contribution in [2.45, 2.75) is 24.9 Å². The molecule has 0 saturated heterocycles. The van der Waals surface area contributed by atoms with Gasteiger partial charge in [-0.1, -0.05) is 49.9 Å². The van der Waals surface area contributed by atoms with E-state index in [4.69, 9.17) is 5.26 Å². The van der Waals surface area contributed by atoms with Crippen LogP contribution in [0.1, 0.15) is 30.9 Å². The van der Waals surface area contributed by atoms with Gasteiger partial charge in [0, 0.05) is 5.56 Å². The van der Waals surface area contributed by atoms with E-state index in [1.807, 2.05) is 36.6 Å². The van der Waals surface area contributed by atoms with Crippen LogP contribution < -0.4 is 5.56 Å². The van der Waals surface area contributed by atoms with Gasteiger partial charge in [0.15, 0.2) is 5.16 Å². The van der Waals surface area contributed by atoms with Crippen molar-refractivity contribution in [2.24, 2.45) is 0 Å². The highest BCUT2D eigenvalue weighted by Crippen LogP contribution is 2.23. The van der Waals surface area contributed by atoms with E-state index < -0.39 is 5.56 Å². The molecular weight excluding hydrogens is 270 g/mol. The molecule has 20 heavy (non-hydrogen) atoms. The van der Waals surface area contributed by atoms with Crippen molar-refractivity contribution in [1.29, 1.82) is 5.26 Å². The molecule has 0 unspecified atom stereocenters. The van der Waals surface area contributed by atoms with Crippen LogP contribution >= 0.6 is 11.8 Å². The fourth-order valence-corrected chi connectivity index (χ4v) is 2.27. The number of thioether (sulfide) groups is 1. The van der Waals surface area contributed by atoms with Crippen LogP contribution in [0.25, 0.3) is 11.3 Å². The van der Waals surface area contributed by atoms with E-state index >= 15 is 0 Å².